The first-order valence-electron chi connectivity index (χ1n) is 6.33. The smallest absolute Gasteiger partial charge is 0.272 e. The Hall–Kier alpha value is -1.53. The Balaban J connectivity index is 2.20. The molecule has 1 unspecified atom stereocenters. The molecule has 0 aliphatic heterocycles. The van der Waals surface area contributed by atoms with Crippen LogP contribution < -0.4 is 11.1 Å². The summed E-state index contributed by atoms with van der Waals surface area (Å²) in [7, 11) is 0. The fourth-order valence-electron chi connectivity index (χ4n) is 1.96. The first-order valence-corrected chi connectivity index (χ1v) is 7.52. The molecule has 0 fully saturated rings. The van der Waals surface area contributed by atoms with Crippen molar-refractivity contribution in [2.75, 3.05) is 5.73 Å². The van der Waals surface area contributed by atoms with Crippen LogP contribution in [-0.2, 0) is 6.54 Å². The Morgan fingerprint density at radius 1 is 1.60 bits per heavy atom. The Kier molecular flexibility index (Phi) is 4.35. The lowest BCUT2D eigenvalue weighted by Crippen LogP contribution is -2.29. The third-order valence-electron chi connectivity index (χ3n) is 3.06. The van der Waals surface area contributed by atoms with Gasteiger partial charge in [0.1, 0.15) is 5.69 Å². The van der Waals surface area contributed by atoms with E-state index in [0.29, 0.717) is 28.0 Å². The van der Waals surface area contributed by atoms with E-state index in [9.17, 15) is 4.79 Å². The van der Waals surface area contributed by atoms with E-state index in [1.807, 2.05) is 26.0 Å². The highest BCUT2D eigenvalue weighted by molar-refractivity contribution is 7.16. The summed E-state index contributed by atoms with van der Waals surface area (Å²) >= 11 is 7.36. The highest BCUT2D eigenvalue weighted by atomic mass is 35.5. The lowest BCUT2D eigenvalue weighted by molar-refractivity contribution is 0.0930. The number of hydrogen-bond donors (Lipinski definition) is 2. The van der Waals surface area contributed by atoms with Gasteiger partial charge < -0.3 is 11.1 Å². The fraction of sp³-hybridized carbons (Fsp3) is 0.385. The van der Waals surface area contributed by atoms with E-state index in [0.717, 1.165) is 4.88 Å². The van der Waals surface area contributed by atoms with Crippen molar-refractivity contribution in [1.82, 2.24) is 15.1 Å². The average Bonchev–Trinajstić information content (AvgIpc) is 2.94. The van der Waals surface area contributed by atoms with Gasteiger partial charge in [0.05, 0.1) is 21.8 Å². The second-order valence-electron chi connectivity index (χ2n) is 4.50. The number of nitrogens with zero attached hydrogens (tertiary/aromatic N) is 2. The summed E-state index contributed by atoms with van der Waals surface area (Å²) in [5, 5.41) is 7.17. The molecule has 20 heavy (non-hydrogen) atoms. The first-order chi connectivity index (χ1) is 9.43. The number of nitrogen functional groups attached to an aromatic ring is 1. The Morgan fingerprint density at radius 3 is 2.85 bits per heavy atom. The maximum atomic E-state index is 12.4. The number of nitrogens with one attached hydrogen (secondary N) is 1. The molecule has 0 saturated carbocycles. The summed E-state index contributed by atoms with van der Waals surface area (Å²) in [5.74, 6) is -0.220. The van der Waals surface area contributed by atoms with Gasteiger partial charge >= 0.3 is 0 Å². The average molecular weight is 313 g/mol. The molecule has 2 aromatic heterocycles. The first kappa shape index (κ1) is 14.9. The van der Waals surface area contributed by atoms with Gasteiger partial charge in [0.2, 0.25) is 0 Å². The fourth-order valence-corrected chi connectivity index (χ4v) is 3.02. The van der Waals surface area contributed by atoms with E-state index >= 15 is 0 Å². The zero-order valence-corrected chi connectivity index (χ0v) is 13.2. The van der Waals surface area contributed by atoms with E-state index in [1.165, 1.54) is 11.3 Å². The third-order valence-corrected chi connectivity index (χ3v) is 4.47. The monoisotopic (exact) mass is 312 g/mol. The zero-order valence-electron chi connectivity index (χ0n) is 11.6. The van der Waals surface area contributed by atoms with E-state index in [4.69, 9.17) is 17.3 Å². The molecular weight excluding hydrogens is 296 g/mol. The van der Waals surface area contributed by atoms with Crippen LogP contribution in [0, 0.1) is 6.92 Å². The van der Waals surface area contributed by atoms with Gasteiger partial charge in [-0.1, -0.05) is 11.6 Å². The minimum absolute atomic E-state index is 0.125. The number of aryl methyl sites for hydroxylation is 2. The van der Waals surface area contributed by atoms with Crippen LogP contribution in [0.5, 0.6) is 0 Å². The Bertz CT molecular complexity index is 634. The van der Waals surface area contributed by atoms with Crippen LogP contribution in [-0.4, -0.2) is 15.7 Å². The Morgan fingerprint density at radius 2 is 2.30 bits per heavy atom. The van der Waals surface area contributed by atoms with Crippen LogP contribution in [0.2, 0.25) is 4.34 Å². The number of thiophene rings is 1. The van der Waals surface area contributed by atoms with Crippen LogP contribution in [0.3, 0.4) is 0 Å². The van der Waals surface area contributed by atoms with Crippen molar-refractivity contribution in [3.05, 3.63) is 32.7 Å². The number of halogens is 1. The third kappa shape index (κ3) is 2.81. The second-order valence-corrected chi connectivity index (χ2v) is 6.25. The molecule has 7 heteroatoms. The van der Waals surface area contributed by atoms with Gasteiger partial charge in [0.25, 0.3) is 5.91 Å². The molecule has 0 aliphatic carbocycles. The summed E-state index contributed by atoms with van der Waals surface area (Å²) in [5.41, 5.74) is 7.45. The molecule has 0 bridgehead atoms. The van der Waals surface area contributed by atoms with Gasteiger partial charge in [-0.15, -0.1) is 11.3 Å². The van der Waals surface area contributed by atoms with Crippen LogP contribution >= 0.6 is 22.9 Å². The maximum absolute atomic E-state index is 12.4. The molecule has 2 aromatic rings. The SMILES string of the molecule is CCn1nc(C)c(N)c1C(=O)NC(C)c1ccc(Cl)s1. The number of aromatic nitrogens is 2. The van der Waals surface area contributed by atoms with Gasteiger partial charge in [-0.3, -0.25) is 9.48 Å². The molecule has 5 nitrogen and oxygen atoms in total. The molecule has 108 valence electrons. The topological polar surface area (TPSA) is 72.9 Å². The van der Waals surface area contributed by atoms with Gasteiger partial charge in [-0.25, -0.2) is 0 Å². The standard InChI is InChI=1S/C13H17ClN4OS/c1-4-18-12(11(15)8(3)17-18)13(19)16-7(2)9-5-6-10(14)20-9/h5-7H,4,15H2,1-3H3,(H,16,19). The second kappa shape index (κ2) is 5.85. The lowest BCUT2D eigenvalue weighted by atomic mass is 10.2. The van der Waals surface area contributed by atoms with E-state index < -0.39 is 0 Å². The van der Waals surface area contributed by atoms with E-state index in [2.05, 4.69) is 10.4 Å². The largest absolute Gasteiger partial charge is 0.395 e. The number of hydrogen-bond acceptors (Lipinski definition) is 4. The summed E-state index contributed by atoms with van der Waals surface area (Å²) < 4.78 is 2.32. The molecule has 0 aromatic carbocycles. The lowest BCUT2D eigenvalue weighted by Gasteiger charge is -2.13. The number of rotatable bonds is 4. The predicted molar refractivity (Wildman–Crippen MR) is 82.3 cm³/mol. The van der Waals surface area contributed by atoms with E-state index in [-0.39, 0.29) is 11.9 Å². The zero-order chi connectivity index (χ0) is 14.9. The summed E-state index contributed by atoms with van der Waals surface area (Å²) in [6.45, 7) is 6.22. The van der Waals surface area contributed by atoms with Crippen LogP contribution in [0.15, 0.2) is 12.1 Å². The molecule has 0 radical (unpaired) electrons. The molecule has 2 heterocycles. The number of nitrogens with two attached hydrogens (primary N) is 1. The van der Waals surface area contributed by atoms with Gasteiger partial charge in [-0.05, 0) is 32.9 Å². The molecule has 2 rings (SSSR count). The quantitative estimate of drug-likeness (QED) is 0.911. The molecule has 3 N–H and O–H groups in total. The highest BCUT2D eigenvalue weighted by Gasteiger charge is 2.21. The number of carbonyl (C=O) groups is 1. The summed E-state index contributed by atoms with van der Waals surface area (Å²) in [4.78, 5) is 13.4. The van der Waals surface area contributed by atoms with Gasteiger partial charge in [0.15, 0.2) is 0 Å². The van der Waals surface area contributed by atoms with Gasteiger partial charge in [0, 0.05) is 11.4 Å². The van der Waals surface area contributed by atoms with Crippen molar-refractivity contribution >= 4 is 34.5 Å². The predicted octanol–water partition coefficient (Wildman–Crippen LogP) is 3.00. The van der Waals surface area contributed by atoms with Crippen molar-refractivity contribution in [2.24, 2.45) is 0 Å². The van der Waals surface area contributed by atoms with Crippen molar-refractivity contribution in [3.63, 3.8) is 0 Å². The minimum atomic E-state index is -0.220. The number of amides is 1. The van der Waals surface area contributed by atoms with Crippen molar-refractivity contribution in [3.8, 4) is 0 Å². The minimum Gasteiger partial charge on any atom is -0.395 e. The van der Waals surface area contributed by atoms with Crippen LogP contribution in [0.25, 0.3) is 0 Å². The van der Waals surface area contributed by atoms with Gasteiger partial charge in [-0.2, -0.15) is 5.10 Å². The van der Waals surface area contributed by atoms with Crippen LogP contribution in [0.1, 0.15) is 40.9 Å². The molecular formula is C13H17ClN4OS. The molecule has 1 atom stereocenters. The van der Waals surface area contributed by atoms with Crippen molar-refractivity contribution < 1.29 is 4.79 Å². The maximum Gasteiger partial charge on any atom is 0.272 e. The molecule has 0 spiro atoms. The summed E-state index contributed by atoms with van der Waals surface area (Å²) in [6, 6.07) is 3.60. The van der Waals surface area contributed by atoms with E-state index in [1.54, 1.807) is 11.6 Å². The van der Waals surface area contributed by atoms with Crippen LogP contribution in [0.4, 0.5) is 5.69 Å². The van der Waals surface area contributed by atoms with Crippen molar-refractivity contribution in [1.29, 1.82) is 0 Å². The Labute approximate surface area is 126 Å². The summed E-state index contributed by atoms with van der Waals surface area (Å²) in [6.07, 6.45) is 0. The highest BCUT2D eigenvalue weighted by Crippen LogP contribution is 2.27. The molecule has 0 aliphatic rings. The molecule has 0 saturated heterocycles. The van der Waals surface area contributed by atoms with Crippen molar-refractivity contribution in [2.45, 2.75) is 33.4 Å². The normalized spacial score (nSPS) is 12.4. The number of carbonyl (C=O) groups excluding carboxylic acids is 1. The molecule has 1 amide bonds. The number of anilines is 1.